The van der Waals surface area contributed by atoms with Gasteiger partial charge in [0.15, 0.2) is 23.1 Å². The smallest absolute Gasteiger partial charge is 0.273 e. The first-order valence-corrected chi connectivity index (χ1v) is 21.7. The molecule has 2 aromatic carbocycles. The van der Waals surface area contributed by atoms with E-state index in [1.54, 1.807) is 42.3 Å². The van der Waals surface area contributed by atoms with Crippen molar-refractivity contribution < 1.29 is 33.5 Å². The number of nitrogens with one attached hydrogen (secondary N) is 4. The number of fused-ring (bicyclic) bond motifs is 1. The molecule has 0 aliphatic carbocycles. The first-order valence-electron chi connectivity index (χ1n) is 21.7. The molecule has 20 nitrogen and oxygen atoms in total. The highest BCUT2D eigenvalue weighted by molar-refractivity contribution is 6.23. The van der Waals surface area contributed by atoms with Gasteiger partial charge in [-0.2, -0.15) is 5.10 Å². The zero-order chi connectivity index (χ0) is 44.9. The fourth-order valence-electron chi connectivity index (χ4n) is 8.93. The summed E-state index contributed by atoms with van der Waals surface area (Å²) in [6.45, 7) is 6.87. The van der Waals surface area contributed by atoms with Crippen molar-refractivity contribution in [2.75, 3.05) is 82.0 Å². The summed E-state index contributed by atoms with van der Waals surface area (Å²) < 4.78 is 7.32. The third-order valence-electron chi connectivity index (χ3n) is 12.4. The van der Waals surface area contributed by atoms with Crippen molar-refractivity contribution in [3.05, 3.63) is 65.6 Å². The van der Waals surface area contributed by atoms with Gasteiger partial charge in [0, 0.05) is 71.4 Å². The Kier molecular flexibility index (Phi) is 13.2. The summed E-state index contributed by atoms with van der Waals surface area (Å²) in [7, 11) is 4.82. The van der Waals surface area contributed by atoms with E-state index in [4.69, 9.17) is 4.74 Å². The number of benzene rings is 2. The Morgan fingerprint density at radius 2 is 1.62 bits per heavy atom. The zero-order valence-electron chi connectivity index (χ0n) is 36.3. The lowest BCUT2D eigenvalue weighted by Crippen LogP contribution is -2.54. The Labute approximate surface area is 370 Å². The minimum absolute atomic E-state index is 0.0455. The second kappa shape index (κ2) is 19.3. The largest absolute Gasteiger partial charge is 0.494 e. The Bertz CT molecular complexity index is 2440. The molecule has 4 aliphatic heterocycles. The standard InChI is InChI=1S/C44H53N13O7/c1-45-42(61)38-33(47-32-8-4-7-30(39(32)64-3)40-46-26-53(2)52-40)25-35(50-51-38)48-37(59)15-19-55-17-13-27(14-18-55)6-5-16-54-20-22-56(23-21-54)28-9-10-29-31(24-28)44(63)57(43(29)62)34-11-12-36(58)49-41(34)60/h4,7-10,24-27,34H,5-6,11-23H2,1-3H3,(H,45,61)(H,49,58,60)(H2,47,48,50,59). The van der Waals surface area contributed by atoms with Crippen LogP contribution in [-0.2, 0) is 21.4 Å². The number of aryl methyl sites for hydroxylation is 1. The molecule has 64 heavy (non-hydrogen) atoms. The third kappa shape index (κ3) is 9.57. The molecule has 0 radical (unpaired) electrons. The lowest BCUT2D eigenvalue weighted by molar-refractivity contribution is -0.136. The van der Waals surface area contributed by atoms with Crippen molar-refractivity contribution in [1.82, 2.24) is 50.3 Å². The summed E-state index contributed by atoms with van der Waals surface area (Å²) in [5.41, 5.74) is 3.03. The number of imide groups is 2. The van der Waals surface area contributed by atoms with E-state index in [0.29, 0.717) is 46.5 Å². The number of piperidine rings is 2. The SMILES string of the molecule is CNC(=O)c1nnc(NC(=O)CCN2CCC(CCCN3CCN(c4ccc5c(c4)C(=O)N(C4CCC(=O)NC4=O)C5=O)CC3)CC2)cc1Nc1cccc(-c2ncn(C)n2)c1OC. The van der Waals surface area contributed by atoms with Crippen molar-refractivity contribution in [3.8, 4) is 17.1 Å². The first-order chi connectivity index (χ1) is 31.0. The predicted molar refractivity (Wildman–Crippen MR) is 235 cm³/mol. The molecule has 1 unspecified atom stereocenters. The average Bonchev–Trinajstić information content (AvgIpc) is 3.84. The van der Waals surface area contributed by atoms with Gasteiger partial charge in [-0.3, -0.25) is 48.6 Å². The molecule has 4 N–H and O–H groups in total. The number of anilines is 4. The maximum absolute atomic E-state index is 13.3. The molecule has 0 saturated carbocycles. The molecule has 3 saturated heterocycles. The van der Waals surface area contributed by atoms with E-state index in [-0.39, 0.29) is 42.2 Å². The van der Waals surface area contributed by atoms with Crippen LogP contribution in [-0.4, -0.2) is 148 Å². The highest BCUT2D eigenvalue weighted by Crippen LogP contribution is 2.37. The van der Waals surface area contributed by atoms with Crippen molar-refractivity contribution in [1.29, 1.82) is 0 Å². The molecular formula is C44H53N13O7. The number of methoxy groups -OCH3 is 1. The summed E-state index contributed by atoms with van der Waals surface area (Å²) in [5, 5.41) is 23.6. The van der Waals surface area contributed by atoms with Crippen molar-refractivity contribution in [2.45, 2.75) is 51.0 Å². The average molecular weight is 876 g/mol. The van der Waals surface area contributed by atoms with E-state index in [1.165, 1.54) is 14.2 Å². The van der Waals surface area contributed by atoms with Gasteiger partial charge in [0.2, 0.25) is 17.7 Å². The fourth-order valence-corrected chi connectivity index (χ4v) is 8.93. The van der Waals surface area contributed by atoms with Crippen LogP contribution in [0, 0.1) is 5.92 Å². The van der Waals surface area contributed by atoms with Crippen LogP contribution in [0.5, 0.6) is 5.75 Å². The van der Waals surface area contributed by atoms with E-state index in [0.717, 1.165) is 82.1 Å². The number of para-hydroxylation sites is 1. The second-order valence-corrected chi connectivity index (χ2v) is 16.6. The zero-order valence-corrected chi connectivity index (χ0v) is 36.3. The van der Waals surface area contributed by atoms with E-state index < -0.39 is 35.6 Å². The van der Waals surface area contributed by atoms with E-state index >= 15 is 0 Å². The number of ether oxygens (including phenoxy) is 1. The van der Waals surface area contributed by atoms with Gasteiger partial charge < -0.3 is 30.5 Å². The number of amides is 6. The number of likely N-dealkylation sites (tertiary alicyclic amines) is 1. The second-order valence-electron chi connectivity index (χ2n) is 16.6. The number of hydrogen-bond acceptors (Lipinski definition) is 15. The summed E-state index contributed by atoms with van der Waals surface area (Å²) >= 11 is 0. The monoisotopic (exact) mass is 875 g/mol. The molecular weight excluding hydrogens is 823 g/mol. The number of nitrogens with zero attached hydrogens (tertiary/aromatic N) is 9. The number of carbonyl (C=O) groups excluding carboxylic acids is 6. The van der Waals surface area contributed by atoms with Crippen molar-refractivity contribution in [2.24, 2.45) is 13.0 Å². The number of hydrogen-bond donors (Lipinski definition) is 4. The lowest BCUT2D eigenvalue weighted by Gasteiger charge is -2.37. The van der Waals surface area contributed by atoms with Crippen LogP contribution in [0.2, 0.25) is 0 Å². The molecule has 20 heteroatoms. The molecule has 6 heterocycles. The Morgan fingerprint density at radius 3 is 2.34 bits per heavy atom. The first kappa shape index (κ1) is 43.8. The number of rotatable bonds is 15. The van der Waals surface area contributed by atoms with E-state index in [2.05, 4.69) is 56.2 Å². The molecule has 4 aliphatic rings. The molecule has 4 aromatic rings. The van der Waals surface area contributed by atoms with E-state index in [9.17, 15) is 28.8 Å². The molecule has 0 spiro atoms. The van der Waals surface area contributed by atoms with Gasteiger partial charge in [-0.25, -0.2) is 4.98 Å². The van der Waals surface area contributed by atoms with Crippen LogP contribution in [0.3, 0.4) is 0 Å². The minimum atomic E-state index is -0.980. The number of carbonyl (C=O) groups is 6. The molecule has 0 bridgehead atoms. The molecule has 3 fully saturated rings. The molecule has 6 amide bonds. The van der Waals surface area contributed by atoms with Gasteiger partial charge in [0.05, 0.1) is 35.2 Å². The van der Waals surface area contributed by atoms with Crippen LogP contribution < -0.4 is 30.9 Å². The maximum atomic E-state index is 13.3. The van der Waals surface area contributed by atoms with Gasteiger partial charge in [-0.15, -0.1) is 10.2 Å². The van der Waals surface area contributed by atoms with E-state index in [1.807, 2.05) is 18.2 Å². The van der Waals surface area contributed by atoms with Gasteiger partial charge in [0.25, 0.3) is 17.7 Å². The Hall–Kier alpha value is -6.80. The highest BCUT2D eigenvalue weighted by atomic mass is 16.5. The van der Waals surface area contributed by atoms with Gasteiger partial charge in [0.1, 0.15) is 12.4 Å². The highest BCUT2D eigenvalue weighted by Gasteiger charge is 2.45. The van der Waals surface area contributed by atoms with Crippen molar-refractivity contribution >= 4 is 58.3 Å². The van der Waals surface area contributed by atoms with Crippen LogP contribution >= 0.6 is 0 Å². The third-order valence-corrected chi connectivity index (χ3v) is 12.4. The predicted octanol–water partition coefficient (Wildman–Crippen LogP) is 2.43. The molecule has 2 aromatic heterocycles. The minimum Gasteiger partial charge on any atom is -0.494 e. The number of aromatic nitrogens is 5. The summed E-state index contributed by atoms with van der Waals surface area (Å²) in [6.07, 6.45) is 6.51. The lowest BCUT2D eigenvalue weighted by atomic mass is 9.92. The number of piperazine rings is 1. The maximum Gasteiger partial charge on any atom is 0.273 e. The summed E-state index contributed by atoms with van der Waals surface area (Å²) in [5.74, 6) is -0.864. The van der Waals surface area contributed by atoms with Gasteiger partial charge in [-0.1, -0.05) is 6.07 Å². The van der Waals surface area contributed by atoms with Gasteiger partial charge in [-0.05, 0) is 88.0 Å². The molecule has 1 atom stereocenters. The summed E-state index contributed by atoms with van der Waals surface area (Å²) in [6, 6.07) is 11.3. The quantitative estimate of drug-likeness (QED) is 0.126. The van der Waals surface area contributed by atoms with Crippen LogP contribution in [0.4, 0.5) is 22.9 Å². The van der Waals surface area contributed by atoms with Crippen LogP contribution in [0.1, 0.15) is 76.2 Å². The molecule has 336 valence electrons. The van der Waals surface area contributed by atoms with Crippen molar-refractivity contribution in [3.63, 3.8) is 0 Å². The Balaban J connectivity index is 0.757. The molecule has 8 rings (SSSR count). The van der Waals surface area contributed by atoms with Crippen LogP contribution in [0.15, 0.2) is 48.8 Å². The summed E-state index contributed by atoms with van der Waals surface area (Å²) in [4.78, 5) is 88.7. The van der Waals surface area contributed by atoms with Gasteiger partial charge >= 0.3 is 0 Å². The topological polar surface area (TPSA) is 229 Å². The van der Waals surface area contributed by atoms with Crippen LogP contribution in [0.25, 0.3) is 11.4 Å². The Morgan fingerprint density at radius 1 is 0.859 bits per heavy atom. The normalized spacial score (nSPS) is 18.5. The fraction of sp³-hybridized carbons (Fsp3) is 0.455.